The number of hydrogen-bond acceptors (Lipinski definition) is 5. The number of fused-ring (bicyclic) bond motifs is 1. The first-order valence-corrected chi connectivity index (χ1v) is 10.1. The zero-order chi connectivity index (χ0) is 21.9. The number of halogens is 3. The molecule has 3 rings (SSSR count). The van der Waals surface area contributed by atoms with Gasteiger partial charge in [0.1, 0.15) is 5.69 Å². The molecule has 11 heteroatoms. The van der Waals surface area contributed by atoms with Gasteiger partial charge in [0.05, 0.1) is 15.4 Å². The van der Waals surface area contributed by atoms with Crippen LogP contribution in [-0.2, 0) is 16.2 Å². The highest BCUT2D eigenvalue weighted by atomic mass is 32.2. The third-order valence-corrected chi connectivity index (χ3v) is 5.74. The SMILES string of the molecule is O=[N+]([O-])c1cc(C(F)(F)F)ccc1NCCNS(=O)(=O)c1ccc2ccccc2c1. The Morgan fingerprint density at radius 2 is 1.63 bits per heavy atom. The molecular weight excluding hydrogens is 423 g/mol. The number of alkyl halides is 3. The second-order valence-corrected chi connectivity index (χ2v) is 8.09. The Morgan fingerprint density at radius 3 is 2.30 bits per heavy atom. The van der Waals surface area contributed by atoms with Crippen LogP contribution >= 0.6 is 0 Å². The van der Waals surface area contributed by atoms with Gasteiger partial charge in [-0.25, -0.2) is 13.1 Å². The van der Waals surface area contributed by atoms with E-state index in [-0.39, 0.29) is 23.7 Å². The molecule has 158 valence electrons. The van der Waals surface area contributed by atoms with Crippen LogP contribution in [0.4, 0.5) is 24.5 Å². The topological polar surface area (TPSA) is 101 Å². The molecule has 3 aromatic carbocycles. The molecule has 0 radical (unpaired) electrons. The second-order valence-electron chi connectivity index (χ2n) is 6.32. The molecule has 0 aromatic heterocycles. The predicted octanol–water partition coefficient (Wildman–Crippen LogP) is 4.16. The van der Waals surface area contributed by atoms with Gasteiger partial charge >= 0.3 is 6.18 Å². The van der Waals surface area contributed by atoms with Crippen molar-refractivity contribution in [3.63, 3.8) is 0 Å². The smallest absolute Gasteiger partial charge is 0.378 e. The zero-order valence-electron chi connectivity index (χ0n) is 15.3. The minimum Gasteiger partial charge on any atom is -0.378 e. The van der Waals surface area contributed by atoms with Crippen molar-refractivity contribution >= 4 is 32.2 Å². The van der Waals surface area contributed by atoms with Crippen molar-refractivity contribution in [3.8, 4) is 0 Å². The number of anilines is 1. The maximum Gasteiger partial charge on any atom is 0.416 e. The van der Waals surface area contributed by atoms with Crippen molar-refractivity contribution < 1.29 is 26.5 Å². The van der Waals surface area contributed by atoms with Crippen LogP contribution < -0.4 is 10.0 Å². The van der Waals surface area contributed by atoms with E-state index in [0.717, 1.165) is 16.8 Å². The molecule has 0 unspecified atom stereocenters. The number of nitro groups is 1. The fourth-order valence-electron chi connectivity index (χ4n) is 2.81. The largest absolute Gasteiger partial charge is 0.416 e. The van der Waals surface area contributed by atoms with Gasteiger partial charge in [0.15, 0.2) is 0 Å². The average molecular weight is 439 g/mol. The highest BCUT2D eigenvalue weighted by Crippen LogP contribution is 2.34. The lowest BCUT2D eigenvalue weighted by Gasteiger charge is -2.11. The van der Waals surface area contributed by atoms with Gasteiger partial charge in [0.2, 0.25) is 10.0 Å². The predicted molar refractivity (Wildman–Crippen MR) is 106 cm³/mol. The van der Waals surface area contributed by atoms with Crippen LogP contribution in [0.3, 0.4) is 0 Å². The number of nitrogens with zero attached hydrogens (tertiary/aromatic N) is 1. The van der Waals surface area contributed by atoms with Crippen molar-refractivity contribution in [1.82, 2.24) is 4.72 Å². The number of benzene rings is 3. The van der Waals surface area contributed by atoms with E-state index in [1.165, 1.54) is 12.1 Å². The zero-order valence-corrected chi connectivity index (χ0v) is 16.1. The lowest BCUT2D eigenvalue weighted by atomic mass is 10.1. The Morgan fingerprint density at radius 1 is 0.933 bits per heavy atom. The van der Waals surface area contributed by atoms with E-state index >= 15 is 0 Å². The molecule has 0 atom stereocenters. The summed E-state index contributed by atoms with van der Waals surface area (Å²) in [6, 6.07) is 14.0. The maximum absolute atomic E-state index is 12.7. The van der Waals surface area contributed by atoms with E-state index in [4.69, 9.17) is 0 Å². The highest BCUT2D eigenvalue weighted by molar-refractivity contribution is 7.89. The molecule has 0 aliphatic heterocycles. The number of nitrogens with one attached hydrogen (secondary N) is 2. The molecule has 0 fully saturated rings. The van der Waals surface area contributed by atoms with Crippen LogP contribution in [-0.4, -0.2) is 26.4 Å². The van der Waals surface area contributed by atoms with Crippen molar-refractivity contribution in [2.45, 2.75) is 11.1 Å². The monoisotopic (exact) mass is 439 g/mol. The number of nitro benzene ring substituents is 1. The van der Waals surface area contributed by atoms with Crippen molar-refractivity contribution in [1.29, 1.82) is 0 Å². The second kappa shape index (κ2) is 8.28. The standard InChI is InChI=1S/C19H16F3N3O4S/c20-19(21,22)15-6-8-17(18(12-15)25(26)27)23-9-10-24-30(28,29)16-7-5-13-3-1-2-4-14(13)11-16/h1-8,11-12,23-24H,9-10H2. The van der Waals surface area contributed by atoms with Crippen LogP contribution in [0.2, 0.25) is 0 Å². The van der Waals surface area contributed by atoms with Crippen molar-refractivity contribution in [2.75, 3.05) is 18.4 Å². The molecule has 0 heterocycles. The molecule has 2 N–H and O–H groups in total. The van der Waals surface area contributed by atoms with Gasteiger partial charge in [0.25, 0.3) is 5.69 Å². The fourth-order valence-corrected chi connectivity index (χ4v) is 3.88. The lowest BCUT2D eigenvalue weighted by Crippen LogP contribution is -2.29. The van der Waals surface area contributed by atoms with Gasteiger partial charge in [-0.3, -0.25) is 10.1 Å². The number of sulfonamides is 1. The summed E-state index contributed by atoms with van der Waals surface area (Å²) in [5.41, 5.74) is -2.03. The van der Waals surface area contributed by atoms with E-state index in [9.17, 15) is 31.7 Å². The molecule has 0 amide bonds. The fraction of sp³-hybridized carbons (Fsp3) is 0.158. The molecular formula is C19H16F3N3O4S. The molecule has 0 bridgehead atoms. The van der Waals surface area contributed by atoms with Crippen LogP contribution in [0.5, 0.6) is 0 Å². The van der Waals surface area contributed by atoms with Crippen LogP contribution in [0.1, 0.15) is 5.56 Å². The van der Waals surface area contributed by atoms with E-state index in [1.54, 1.807) is 18.2 Å². The number of hydrogen-bond donors (Lipinski definition) is 2. The Hall–Kier alpha value is -3.18. The van der Waals surface area contributed by atoms with E-state index in [1.807, 2.05) is 12.1 Å². The first kappa shape index (κ1) is 21.5. The minimum atomic E-state index is -4.71. The van der Waals surface area contributed by atoms with Gasteiger partial charge in [-0.05, 0) is 35.0 Å². The summed E-state index contributed by atoms with van der Waals surface area (Å²) >= 11 is 0. The Kier molecular flexibility index (Phi) is 5.94. The van der Waals surface area contributed by atoms with Gasteiger partial charge in [-0.1, -0.05) is 30.3 Å². The summed E-state index contributed by atoms with van der Waals surface area (Å²) in [5.74, 6) is 0. The molecule has 0 saturated heterocycles. The van der Waals surface area contributed by atoms with Crippen LogP contribution in [0.25, 0.3) is 10.8 Å². The van der Waals surface area contributed by atoms with E-state index in [0.29, 0.717) is 12.1 Å². The molecule has 7 nitrogen and oxygen atoms in total. The third kappa shape index (κ3) is 4.86. The molecule has 0 saturated carbocycles. The van der Waals surface area contributed by atoms with Gasteiger partial charge < -0.3 is 5.32 Å². The lowest BCUT2D eigenvalue weighted by molar-refractivity contribution is -0.384. The van der Waals surface area contributed by atoms with Gasteiger partial charge in [0, 0.05) is 19.2 Å². The summed E-state index contributed by atoms with van der Waals surface area (Å²) in [4.78, 5) is 10.2. The summed E-state index contributed by atoms with van der Waals surface area (Å²) in [5, 5.41) is 15.3. The average Bonchev–Trinajstić information content (AvgIpc) is 2.70. The van der Waals surface area contributed by atoms with Crippen molar-refractivity contribution in [2.24, 2.45) is 0 Å². The Labute approximate surface area is 169 Å². The van der Waals surface area contributed by atoms with Crippen LogP contribution in [0, 0.1) is 10.1 Å². The summed E-state index contributed by atoms with van der Waals surface area (Å²) in [6.07, 6.45) is -4.71. The third-order valence-electron chi connectivity index (χ3n) is 4.29. The Bertz CT molecular complexity index is 1200. The van der Waals surface area contributed by atoms with E-state index < -0.39 is 32.4 Å². The summed E-state index contributed by atoms with van der Waals surface area (Å²) in [6.45, 7) is -0.202. The quantitative estimate of drug-likeness (QED) is 0.327. The summed E-state index contributed by atoms with van der Waals surface area (Å²) in [7, 11) is -3.83. The Balaban J connectivity index is 1.67. The van der Waals surface area contributed by atoms with Gasteiger partial charge in [-0.15, -0.1) is 0 Å². The molecule has 3 aromatic rings. The molecule has 0 spiro atoms. The molecule has 30 heavy (non-hydrogen) atoms. The van der Waals surface area contributed by atoms with Crippen molar-refractivity contribution in [3.05, 3.63) is 76.3 Å². The minimum absolute atomic E-state index is 0.0571. The van der Waals surface area contributed by atoms with Crippen LogP contribution in [0.15, 0.2) is 65.6 Å². The normalized spacial score (nSPS) is 12.1. The van der Waals surface area contributed by atoms with E-state index in [2.05, 4.69) is 10.0 Å². The first-order chi connectivity index (χ1) is 14.1. The maximum atomic E-state index is 12.7. The first-order valence-electron chi connectivity index (χ1n) is 8.66. The number of rotatable bonds is 7. The van der Waals surface area contributed by atoms with Gasteiger partial charge in [-0.2, -0.15) is 13.2 Å². The summed E-state index contributed by atoms with van der Waals surface area (Å²) < 4.78 is 65.5. The molecule has 0 aliphatic rings. The highest BCUT2D eigenvalue weighted by Gasteiger charge is 2.33. The molecule has 0 aliphatic carbocycles.